The van der Waals surface area contributed by atoms with Gasteiger partial charge in [-0.25, -0.2) is 17.5 Å². The number of hydrogen-bond acceptors (Lipinski definition) is 3. The summed E-state index contributed by atoms with van der Waals surface area (Å²) in [7, 11) is -3.70. The number of nitrogens with one attached hydrogen (secondary N) is 2. The third-order valence-corrected chi connectivity index (χ3v) is 5.44. The van der Waals surface area contributed by atoms with Gasteiger partial charge >= 0.3 is 0 Å². The van der Waals surface area contributed by atoms with Crippen molar-refractivity contribution in [2.75, 3.05) is 6.54 Å². The van der Waals surface area contributed by atoms with Gasteiger partial charge in [-0.1, -0.05) is 25.4 Å². The first-order valence-electron chi connectivity index (χ1n) is 7.06. The summed E-state index contributed by atoms with van der Waals surface area (Å²) in [6.45, 7) is 5.08. The third kappa shape index (κ3) is 4.16. The zero-order chi connectivity index (χ0) is 15.6. The van der Waals surface area contributed by atoms with Gasteiger partial charge in [-0.05, 0) is 43.0 Å². The highest BCUT2D eigenvalue weighted by Gasteiger charge is 2.36. The normalized spacial score (nSPS) is 21.5. The van der Waals surface area contributed by atoms with Crippen molar-refractivity contribution in [1.29, 1.82) is 0 Å². The van der Waals surface area contributed by atoms with Gasteiger partial charge in [0, 0.05) is 12.6 Å². The van der Waals surface area contributed by atoms with E-state index in [0.29, 0.717) is 18.0 Å². The minimum atomic E-state index is -3.70. The maximum absolute atomic E-state index is 13.9. The molecule has 7 heteroatoms. The Labute approximate surface area is 130 Å². The van der Waals surface area contributed by atoms with E-state index in [0.717, 1.165) is 25.5 Å². The molecule has 118 valence electrons. The summed E-state index contributed by atoms with van der Waals surface area (Å²) in [4.78, 5) is -0.0724. The minimum absolute atomic E-state index is 0.0302. The molecular formula is C14H20ClFN2O2S. The Morgan fingerprint density at radius 1 is 1.43 bits per heavy atom. The lowest BCUT2D eigenvalue weighted by Gasteiger charge is -2.11. The van der Waals surface area contributed by atoms with Crippen LogP contribution in [-0.4, -0.2) is 21.0 Å². The molecule has 0 spiro atoms. The van der Waals surface area contributed by atoms with Crippen molar-refractivity contribution < 1.29 is 12.8 Å². The Morgan fingerprint density at radius 3 is 2.67 bits per heavy atom. The van der Waals surface area contributed by atoms with Gasteiger partial charge in [0.1, 0.15) is 5.82 Å². The molecule has 0 aromatic heterocycles. The molecule has 1 fully saturated rings. The second-order valence-corrected chi connectivity index (χ2v) is 7.59. The second kappa shape index (κ2) is 6.60. The zero-order valence-electron chi connectivity index (χ0n) is 12.1. The Bertz CT molecular complexity index is 622. The third-order valence-electron chi connectivity index (χ3n) is 3.55. The molecule has 2 N–H and O–H groups in total. The minimum Gasteiger partial charge on any atom is -0.313 e. The van der Waals surface area contributed by atoms with Crippen LogP contribution in [0.5, 0.6) is 0 Å². The molecule has 1 aromatic carbocycles. The number of halogens is 2. The average molecular weight is 335 g/mol. The number of rotatable bonds is 7. The number of hydrogen-bond donors (Lipinski definition) is 2. The van der Waals surface area contributed by atoms with Crippen LogP contribution in [0.2, 0.25) is 5.02 Å². The standard InChI is InChI=1S/C14H20ClFN2O2S/c1-3-4-17-8-10-6-11(7-12(16)14(10)15)21(19,20)18-13-5-9(13)2/h6-7,9,13,17-18H,3-5,8H2,1-2H3. The molecule has 1 saturated carbocycles. The van der Waals surface area contributed by atoms with E-state index < -0.39 is 15.8 Å². The van der Waals surface area contributed by atoms with Crippen LogP contribution in [0.25, 0.3) is 0 Å². The molecule has 0 saturated heterocycles. The van der Waals surface area contributed by atoms with Crippen molar-refractivity contribution >= 4 is 21.6 Å². The SMILES string of the molecule is CCCNCc1cc(S(=O)(=O)NC2CC2C)cc(F)c1Cl. The van der Waals surface area contributed by atoms with E-state index in [-0.39, 0.29) is 16.0 Å². The fourth-order valence-corrected chi connectivity index (χ4v) is 3.65. The van der Waals surface area contributed by atoms with E-state index >= 15 is 0 Å². The Kier molecular flexibility index (Phi) is 5.24. The molecule has 0 heterocycles. The molecule has 1 aliphatic carbocycles. The van der Waals surface area contributed by atoms with E-state index in [4.69, 9.17) is 11.6 Å². The highest BCUT2D eigenvalue weighted by atomic mass is 35.5. The van der Waals surface area contributed by atoms with Crippen molar-refractivity contribution in [3.05, 3.63) is 28.5 Å². The molecule has 2 unspecified atom stereocenters. The molecule has 1 aliphatic rings. The first-order valence-corrected chi connectivity index (χ1v) is 8.92. The van der Waals surface area contributed by atoms with Gasteiger partial charge in [-0.3, -0.25) is 0 Å². The molecule has 1 aromatic rings. The molecule has 2 atom stereocenters. The van der Waals surface area contributed by atoms with Gasteiger partial charge in [-0.15, -0.1) is 0 Å². The molecule has 4 nitrogen and oxygen atoms in total. The average Bonchev–Trinajstić information content (AvgIpc) is 3.09. The Hall–Kier alpha value is -0.690. The van der Waals surface area contributed by atoms with E-state index in [9.17, 15) is 12.8 Å². The van der Waals surface area contributed by atoms with Gasteiger partial charge in [0.05, 0.1) is 9.92 Å². The van der Waals surface area contributed by atoms with Gasteiger partial charge < -0.3 is 5.32 Å². The van der Waals surface area contributed by atoms with E-state index in [1.54, 1.807) is 0 Å². The van der Waals surface area contributed by atoms with Crippen LogP contribution in [0.15, 0.2) is 17.0 Å². The summed E-state index contributed by atoms with van der Waals surface area (Å²) in [5, 5.41) is 3.06. The van der Waals surface area contributed by atoms with E-state index in [1.165, 1.54) is 6.07 Å². The Balaban J connectivity index is 2.23. The highest BCUT2D eigenvalue weighted by Crippen LogP contribution is 2.31. The largest absolute Gasteiger partial charge is 0.313 e. The van der Waals surface area contributed by atoms with Gasteiger partial charge in [0.25, 0.3) is 0 Å². The maximum Gasteiger partial charge on any atom is 0.240 e. The number of sulfonamides is 1. The quantitative estimate of drug-likeness (QED) is 0.754. The molecular weight excluding hydrogens is 315 g/mol. The Morgan fingerprint density at radius 2 is 2.10 bits per heavy atom. The van der Waals surface area contributed by atoms with Crippen LogP contribution in [-0.2, 0) is 16.6 Å². The van der Waals surface area contributed by atoms with Crippen LogP contribution in [0, 0.1) is 11.7 Å². The molecule has 0 radical (unpaired) electrons. The molecule has 2 rings (SSSR count). The summed E-state index contributed by atoms with van der Waals surface area (Å²) in [5.74, 6) is -0.376. The first-order chi connectivity index (χ1) is 9.85. The van der Waals surface area contributed by atoms with E-state index in [2.05, 4.69) is 10.0 Å². The van der Waals surface area contributed by atoms with Crippen LogP contribution in [0.3, 0.4) is 0 Å². The van der Waals surface area contributed by atoms with Gasteiger partial charge in [0.2, 0.25) is 10.0 Å². The van der Waals surface area contributed by atoms with Crippen molar-refractivity contribution in [2.45, 2.75) is 44.2 Å². The molecule has 0 aliphatic heterocycles. The van der Waals surface area contributed by atoms with Crippen molar-refractivity contribution in [2.24, 2.45) is 5.92 Å². The second-order valence-electron chi connectivity index (χ2n) is 5.50. The smallest absolute Gasteiger partial charge is 0.240 e. The fraction of sp³-hybridized carbons (Fsp3) is 0.571. The van der Waals surface area contributed by atoms with Crippen molar-refractivity contribution in [3.8, 4) is 0 Å². The molecule has 0 amide bonds. The summed E-state index contributed by atoms with van der Waals surface area (Å²) in [6.07, 6.45) is 1.75. The summed E-state index contributed by atoms with van der Waals surface area (Å²) < 4.78 is 40.9. The van der Waals surface area contributed by atoms with Crippen molar-refractivity contribution in [3.63, 3.8) is 0 Å². The van der Waals surface area contributed by atoms with Gasteiger partial charge in [0.15, 0.2) is 0 Å². The lowest BCUT2D eigenvalue weighted by Crippen LogP contribution is -2.27. The van der Waals surface area contributed by atoms with Crippen LogP contribution < -0.4 is 10.0 Å². The lowest BCUT2D eigenvalue weighted by atomic mass is 10.2. The van der Waals surface area contributed by atoms with Crippen molar-refractivity contribution in [1.82, 2.24) is 10.0 Å². The van der Waals surface area contributed by atoms with Crippen LogP contribution >= 0.6 is 11.6 Å². The molecule has 21 heavy (non-hydrogen) atoms. The predicted molar refractivity (Wildman–Crippen MR) is 81.3 cm³/mol. The monoisotopic (exact) mass is 334 g/mol. The summed E-state index contributed by atoms with van der Waals surface area (Å²) in [6, 6.07) is 2.36. The fourth-order valence-electron chi connectivity index (χ4n) is 2.06. The first kappa shape index (κ1) is 16.7. The van der Waals surface area contributed by atoms with Crippen LogP contribution in [0.1, 0.15) is 32.3 Å². The zero-order valence-corrected chi connectivity index (χ0v) is 13.7. The predicted octanol–water partition coefficient (Wildman–Crippen LogP) is 2.67. The summed E-state index contributed by atoms with van der Waals surface area (Å²) in [5.41, 5.74) is 0.453. The van der Waals surface area contributed by atoms with Gasteiger partial charge in [-0.2, -0.15) is 0 Å². The van der Waals surface area contributed by atoms with Crippen LogP contribution in [0.4, 0.5) is 4.39 Å². The lowest BCUT2D eigenvalue weighted by molar-refractivity contribution is 0.573. The molecule has 0 bridgehead atoms. The van der Waals surface area contributed by atoms with E-state index in [1.807, 2.05) is 13.8 Å². The number of benzene rings is 1. The summed E-state index contributed by atoms with van der Waals surface area (Å²) >= 11 is 5.91. The topological polar surface area (TPSA) is 58.2 Å². The maximum atomic E-state index is 13.9. The highest BCUT2D eigenvalue weighted by molar-refractivity contribution is 7.89.